The molecule has 1 aromatic carbocycles. The molecular formula is C21H25FN4O2. The third-order valence-electron chi connectivity index (χ3n) is 5.70. The summed E-state index contributed by atoms with van der Waals surface area (Å²) in [6, 6.07) is 5.61. The summed E-state index contributed by atoms with van der Waals surface area (Å²) in [6.07, 6.45) is 4.69. The molecule has 3 heterocycles. The number of rotatable bonds is 3. The molecule has 28 heavy (non-hydrogen) atoms. The van der Waals surface area contributed by atoms with Gasteiger partial charge in [-0.3, -0.25) is 9.59 Å². The van der Waals surface area contributed by atoms with E-state index in [0.29, 0.717) is 23.8 Å². The first-order valence-electron chi connectivity index (χ1n) is 9.98. The van der Waals surface area contributed by atoms with Crippen molar-refractivity contribution in [1.82, 2.24) is 14.5 Å². The monoisotopic (exact) mass is 384 g/mol. The van der Waals surface area contributed by atoms with Crippen LogP contribution in [0.2, 0.25) is 0 Å². The lowest BCUT2D eigenvalue weighted by Gasteiger charge is -2.30. The molecule has 2 aliphatic heterocycles. The molecule has 0 radical (unpaired) electrons. The number of imidazole rings is 1. The van der Waals surface area contributed by atoms with E-state index in [1.54, 1.807) is 0 Å². The Morgan fingerprint density at radius 1 is 1.11 bits per heavy atom. The number of nitrogens with zero attached hydrogens (tertiary/aromatic N) is 3. The fraction of sp³-hybridized carbons (Fsp3) is 0.476. The maximum absolute atomic E-state index is 13.1. The normalized spacial score (nSPS) is 17.3. The van der Waals surface area contributed by atoms with Gasteiger partial charge in [0.1, 0.15) is 11.5 Å². The number of nitrogens with one attached hydrogen (secondary N) is 1. The fourth-order valence-corrected chi connectivity index (χ4v) is 3.97. The van der Waals surface area contributed by atoms with E-state index in [9.17, 15) is 14.0 Å². The molecule has 1 N–H and O–H groups in total. The van der Waals surface area contributed by atoms with Crippen LogP contribution in [-0.2, 0) is 13.0 Å². The zero-order valence-corrected chi connectivity index (χ0v) is 16.1. The van der Waals surface area contributed by atoms with Crippen molar-refractivity contribution in [3.8, 4) is 0 Å². The first-order chi connectivity index (χ1) is 13.5. The highest BCUT2D eigenvalue weighted by molar-refractivity contribution is 6.03. The number of likely N-dealkylation sites (tertiary alicyclic amines) is 1. The van der Waals surface area contributed by atoms with Crippen molar-refractivity contribution >= 4 is 17.5 Å². The van der Waals surface area contributed by atoms with Gasteiger partial charge in [-0.1, -0.05) is 6.92 Å². The van der Waals surface area contributed by atoms with Gasteiger partial charge in [-0.05, 0) is 62.3 Å². The summed E-state index contributed by atoms with van der Waals surface area (Å²) in [6.45, 7) is 4.36. The Hall–Kier alpha value is -2.70. The lowest BCUT2D eigenvalue weighted by atomic mass is 9.98. The van der Waals surface area contributed by atoms with Crippen molar-refractivity contribution < 1.29 is 14.0 Å². The van der Waals surface area contributed by atoms with E-state index < -0.39 is 0 Å². The van der Waals surface area contributed by atoms with Crippen LogP contribution in [-0.4, -0.2) is 39.4 Å². The predicted octanol–water partition coefficient (Wildman–Crippen LogP) is 3.48. The van der Waals surface area contributed by atoms with Crippen molar-refractivity contribution in [2.45, 2.75) is 45.6 Å². The lowest BCUT2D eigenvalue weighted by Crippen LogP contribution is -2.38. The van der Waals surface area contributed by atoms with Crippen molar-refractivity contribution in [2.24, 2.45) is 5.92 Å². The molecule has 0 saturated carbocycles. The van der Waals surface area contributed by atoms with E-state index in [1.807, 2.05) is 9.47 Å². The number of anilines is 1. The minimum atomic E-state index is -0.374. The molecule has 1 saturated heterocycles. The summed E-state index contributed by atoms with van der Waals surface area (Å²) in [5, 5.41) is 2.76. The molecule has 2 aromatic rings. The molecule has 1 aromatic heterocycles. The van der Waals surface area contributed by atoms with Crippen LogP contribution in [0, 0.1) is 11.7 Å². The molecular weight excluding hydrogens is 359 g/mol. The Kier molecular flexibility index (Phi) is 5.15. The largest absolute Gasteiger partial charge is 0.337 e. The predicted molar refractivity (Wildman–Crippen MR) is 104 cm³/mol. The molecule has 0 aliphatic carbocycles. The molecule has 2 amide bonds. The van der Waals surface area contributed by atoms with E-state index >= 15 is 0 Å². The molecule has 6 nitrogen and oxygen atoms in total. The lowest BCUT2D eigenvalue weighted by molar-refractivity contribution is 0.0690. The van der Waals surface area contributed by atoms with Gasteiger partial charge < -0.3 is 14.8 Å². The minimum Gasteiger partial charge on any atom is -0.337 e. The van der Waals surface area contributed by atoms with Gasteiger partial charge in [0.15, 0.2) is 5.82 Å². The number of hydrogen-bond acceptors (Lipinski definition) is 3. The molecule has 1 fully saturated rings. The second-order valence-electron chi connectivity index (χ2n) is 7.78. The van der Waals surface area contributed by atoms with Gasteiger partial charge in [0.2, 0.25) is 0 Å². The van der Waals surface area contributed by atoms with E-state index in [2.05, 4.69) is 17.2 Å². The number of amides is 2. The van der Waals surface area contributed by atoms with E-state index in [-0.39, 0.29) is 23.5 Å². The highest BCUT2D eigenvalue weighted by Gasteiger charge is 2.31. The van der Waals surface area contributed by atoms with Gasteiger partial charge >= 0.3 is 0 Å². The third-order valence-corrected chi connectivity index (χ3v) is 5.70. The van der Waals surface area contributed by atoms with E-state index in [1.165, 1.54) is 24.3 Å². The average molecular weight is 384 g/mol. The minimum absolute atomic E-state index is 0.0709. The Bertz CT molecular complexity index is 883. The Morgan fingerprint density at radius 2 is 1.82 bits per heavy atom. The van der Waals surface area contributed by atoms with Crippen LogP contribution in [0.15, 0.2) is 24.3 Å². The van der Waals surface area contributed by atoms with Crippen LogP contribution in [0.1, 0.15) is 59.4 Å². The number of carbonyl (C=O) groups is 2. The molecule has 4 rings (SSSR count). The smallest absolute Gasteiger partial charge is 0.291 e. The fourth-order valence-electron chi connectivity index (χ4n) is 3.97. The highest BCUT2D eigenvalue weighted by atomic mass is 19.1. The molecule has 148 valence electrons. The summed E-state index contributed by atoms with van der Waals surface area (Å²) >= 11 is 0. The molecule has 7 heteroatoms. The van der Waals surface area contributed by atoms with Gasteiger partial charge in [0, 0.05) is 25.3 Å². The van der Waals surface area contributed by atoms with Gasteiger partial charge in [-0.25, -0.2) is 9.37 Å². The van der Waals surface area contributed by atoms with Crippen molar-refractivity contribution in [3.63, 3.8) is 0 Å². The van der Waals surface area contributed by atoms with Crippen LogP contribution in [0.4, 0.5) is 10.1 Å². The van der Waals surface area contributed by atoms with Crippen LogP contribution < -0.4 is 5.32 Å². The maximum atomic E-state index is 13.1. The highest BCUT2D eigenvalue weighted by Crippen LogP contribution is 2.25. The van der Waals surface area contributed by atoms with Gasteiger partial charge in [0.05, 0.1) is 5.69 Å². The zero-order valence-electron chi connectivity index (χ0n) is 16.1. The van der Waals surface area contributed by atoms with Crippen LogP contribution in [0.5, 0.6) is 0 Å². The number of benzene rings is 1. The molecule has 0 atom stereocenters. The van der Waals surface area contributed by atoms with Crippen LogP contribution >= 0.6 is 0 Å². The number of hydrogen-bond donors (Lipinski definition) is 1. The van der Waals surface area contributed by atoms with Crippen LogP contribution in [0.25, 0.3) is 0 Å². The number of piperidine rings is 1. The number of aromatic nitrogens is 2. The Morgan fingerprint density at radius 3 is 2.54 bits per heavy atom. The van der Waals surface area contributed by atoms with Crippen LogP contribution in [0.3, 0.4) is 0 Å². The van der Waals surface area contributed by atoms with Crippen molar-refractivity contribution in [2.75, 3.05) is 18.4 Å². The van der Waals surface area contributed by atoms with Crippen molar-refractivity contribution in [3.05, 3.63) is 47.3 Å². The average Bonchev–Trinajstić information content (AvgIpc) is 3.10. The molecule has 0 unspecified atom stereocenters. The summed E-state index contributed by atoms with van der Waals surface area (Å²) < 4.78 is 15.0. The first kappa shape index (κ1) is 18.7. The first-order valence-corrected chi connectivity index (χ1v) is 9.98. The molecule has 0 spiro atoms. The third kappa shape index (κ3) is 3.66. The maximum Gasteiger partial charge on any atom is 0.291 e. The molecule has 0 bridgehead atoms. The number of halogens is 1. The van der Waals surface area contributed by atoms with Gasteiger partial charge in [0.25, 0.3) is 11.8 Å². The Balaban J connectivity index is 1.60. The van der Waals surface area contributed by atoms with Gasteiger partial charge in [-0.2, -0.15) is 0 Å². The standard InChI is InChI=1S/C21H25FN4O2/c1-14-9-12-25(13-10-14)21(28)18-17-4-2-3-11-26(17)19(24-18)20(27)23-16-7-5-15(22)6-8-16/h5-8,14H,2-4,9-13H2,1H3,(H,23,27). The number of carbonyl (C=O) groups excluding carboxylic acids is 2. The second kappa shape index (κ2) is 7.73. The van der Waals surface area contributed by atoms with Crippen molar-refractivity contribution in [1.29, 1.82) is 0 Å². The quantitative estimate of drug-likeness (QED) is 0.881. The SMILES string of the molecule is CC1CCN(C(=O)c2nc(C(=O)Nc3ccc(F)cc3)n3c2CCCC3)CC1. The summed E-state index contributed by atoms with van der Waals surface area (Å²) in [7, 11) is 0. The number of fused-ring (bicyclic) bond motifs is 1. The second-order valence-corrected chi connectivity index (χ2v) is 7.78. The van der Waals surface area contributed by atoms with E-state index in [0.717, 1.165) is 50.9 Å². The zero-order chi connectivity index (χ0) is 19.7. The summed E-state index contributed by atoms with van der Waals surface area (Å²) in [5.41, 5.74) is 1.77. The topological polar surface area (TPSA) is 67.2 Å². The summed E-state index contributed by atoms with van der Waals surface area (Å²) in [5.74, 6) is 0.0872. The Labute approximate surface area is 163 Å². The van der Waals surface area contributed by atoms with E-state index in [4.69, 9.17) is 0 Å². The summed E-state index contributed by atoms with van der Waals surface area (Å²) in [4.78, 5) is 32.2. The van der Waals surface area contributed by atoms with Gasteiger partial charge in [-0.15, -0.1) is 0 Å². The molecule has 2 aliphatic rings.